The van der Waals surface area contributed by atoms with Crippen molar-refractivity contribution < 1.29 is 0 Å². The fourth-order valence-corrected chi connectivity index (χ4v) is 0.743. The van der Waals surface area contributed by atoms with E-state index in [0.29, 0.717) is 5.65 Å². The van der Waals surface area contributed by atoms with Crippen LogP contribution in [0.1, 0.15) is 0 Å². The average Bonchev–Trinajstić information content (AvgIpc) is 2.05. The van der Waals surface area contributed by atoms with Gasteiger partial charge in [0.25, 0.3) is 0 Å². The van der Waals surface area contributed by atoms with Crippen LogP contribution < -0.4 is 0 Å². The lowest BCUT2D eigenvalue weighted by Gasteiger charge is -1.88. The van der Waals surface area contributed by atoms with Gasteiger partial charge in [-0.05, 0) is 12.1 Å². The summed E-state index contributed by atoms with van der Waals surface area (Å²) >= 11 is 0. The summed E-state index contributed by atoms with van der Waals surface area (Å²) in [6.45, 7) is 0. The van der Waals surface area contributed by atoms with Crippen LogP contribution in [-0.4, -0.2) is 20.4 Å². The molecule has 0 saturated carbocycles. The SMILES string of the molecule is c1cc2ccnnc2nn1. The number of hydrogen-bond donors (Lipinski definition) is 0. The van der Waals surface area contributed by atoms with Crippen molar-refractivity contribution in [3.05, 3.63) is 24.5 Å². The first-order chi connectivity index (χ1) is 4.97. The van der Waals surface area contributed by atoms with E-state index in [-0.39, 0.29) is 0 Å². The molecule has 4 heteroatoms. The van der Waals surface area contributed by atoms with Crippen molar-refractivity contribution in [2.75, 3.05) is 0 Å². The lowest BCUT2D eigenvalue weighted by Crippen LogP contribution is -1.87. The van der Waals surface area contributed by atoms with Gasteiger partial charge in [0.1, 0.15) is 0 Å². The van der Waals surface area contributed by atoms with Gasteiger partial charge in [-0.3, -0.25) is 0 Å². The molecule has 0 fully saturated rings. The maximum absolute atomic E-state index is 3.76. The molecule has 0 amide bonds. The Kier molecular flexibility index (Phi) is 1.04. The highest BCUT2D eigenvalue weighted by Crippen LogP contribution is 2.01. The molecule has 0 atom stereocenters. The molecule has 0 aliphatic rings. The molecule has 0 aliphatic heterocycles. The fraction of sp³-hybridized carbons (Fsp3) is 0. The van der Waals surface area contributed by atoms with Gasteiger partial charge in [-0.2, -0.15) is 10.2 Å². The van der Waals surface area contributed by atoms with E-state index in [0.717, 1.165) is 5.39 Å². The van der Waals surface area contributed by atoms with Gasteiger partial charge < -0.3 is 0 Å². The van der Waals surface area contributed by atoms with Crippen molar-refractivity contribution in [1.29, 1.82) is 0 Å². The third kappa shape index (κ3) is 0.699. The second kappa shape index (κ2) is 1.98. The van der Waals surface area contributed by atoms with Crippen molar-refractivity contribution in [2.24, 2.45) is 0 Å². The van der Waals surface area contributed by atoms with Gasteiger partial charge in [0, 0.05) is 5.39 Å². The van der Waals surface area contributed by atoms with Crippen LogP contribution in [0, 0.1) is 0 Å². The van der Waals surface area contributed by atoms with E-state index in [4.69, 9.17) is 0 Å². The minimum Gasteiger partial charge on any atom is -0.157 e. The molecular formula is C6H4N4. The number of nitrogens with zero attached hydrogens (tertiary/aromatic N) is 4. The number of fused-ring (bicyclic) bond motifs is 1. The monoisotopic (exact) mass is 132 g/mol. The Bertz CT molecular complexity index is 281. The zero-order valence-corrected chi connectivity index (χ0v) is 5.10. The Labute approximate surface area is 56.9 Å². The van der Waals surface area contributed by atoms with Crippen LogP contribution in [0.15, 0.2) is 24.5 Å². The predicted octanol–water partition coefficient (Wildman–Crippen LogP) is 0.420. The van der Waals surface area contributed by atoms with E-state index in [1.165, 1.54) is 0 Å². The van der Waals surface area contributed by atoms with Crippen LogP contribution in [0.25, 0.3) is 11.0 Å². The Balaban J connectivity index is 2.89. The average molecular weight is 132 g/mol. The van der Waals surface area contributed by atoms with E-state index < -0.39 is 0 Å². The van der Waals surface area contributed by atoms with Crippen molar-refractivity contribution in [2.45, 2.75) is 0 Å². The first-order valence-electron chi connectivity index (χ1n) is 2.86. The molecule has 48 valence electrons. The molecule has 0 spiro atoms. The fourth-order valence-electron chi connectivity index (χ4n) is 0.743. The van der Waals surface area contributed by atoms with Gasteiger partial charge in [-0.25, -0.2) is 0 Å². The van der Waals surface area contributed by atoms with Crippen LogP contribution >= 0.6 is 0 Å². The molecule has 2 heterocycles. The summed E-state index contributed by atoms with van der Waals surface area (Å²) in [6.07, 6.45) is 3.26. The van der Waals surface area contributed by atoms with Gasteiger partial charge in [0.2, 0.25) is 5.65 Å². The third-order valence-corrected chi connectivity index (χ3v) is 1.20. The molecule has 4 nitrogen and oxygen atoms in total. The van der Waals surface area contributed by atoms with Crippen molar-refractivity contribution in [3.63, 3.8) is 0 Å². The molecule has 0 saturated heterocycles. The van der Waals surface area contributed by atoms with E-state index >= 15 is 0 Å². The van der Waals surface area contributed by atoms with E-state index in [1.807, 2.05) is 12.1 Å². The minimum atomic E-state index is 0.588. The van der Waals surface area contributed by atoms with Crippen LogP contribution in [0.2, 0.25) is 0 Å². The Morgan fingerprint density at radius 1 is 0.900 bits per heavy atom. The second-order valence-electron chi connectivity index (χ2n) is 1.84. The highest BCUT2D eigenvalue weighted by atomic mass is 15.2. The van der Waals surface area contributed by atoms with Gasteiger partial charge in [0.15, 0.2) is 0 Å². The van der Waals surface area contributed by atoms with E-state index in [2.05, 4.69) is 20.4 Å². The maximum atomic E-state index is 3.76. The summed E-state index contributed by atoms with van der Waals surface area (Å²) in [5.41, 5.74) is 0.588. The number of aromatic nitrogens is 4. The first kappa shape index (κ1) is 5.22. The zero-order valence-electron chi connectivity index (χ0n) is 5.10. The molecule has 0 radical (unpaired) electrons. The predicted molar refractivity (Wildman–Crippen MR) is 35.1 cm³/mol. The maximum Gasteiger partial charge on any atom is 0.203 e. The largest absolute Gasteiger partial charge is 0.203 e. The quantitative estimate of drug-likeness (QED) is 0.521. The molecule has 0 aliphatic carbocycles. The van der Waals surface area contributed by atoms with Crippen LogP contribution in [-0.2, 0) is 0 Å². The Hall–Kier alpha value is -1.58. The summed E-state index contributed by atoms with van der Waals surface area (Å²) < 4.78 is 0. The van der Waals surface area contributed by atoms with E-state index in [1.54, 1.807) is 12.4 Å². The van der Waals surface area contributed by atoms with Crippen molar-refractivity contribution in [3.8, 4) is 0 Å². The molecule has 0 bridgehead atoms. The molecular weight excluding hydrogens is 128 g/mol. The third-order valence-electron chi connectivity index (χ3n) is 1.20. The summed E-state index contributed by atoms with van der Waals surface area (Å²) in [5.74, 6) is 0. The summed E-state index contributed by atoms with van der Waals surface area (Å²) in [7, 11) is 0. The Morgan fingerprint density at radius 3 is 2.00 bits per heavy atom. The lowest BCUT2D eigenvalue weighted by atomic mass is 10.3. The lowest BCUT2D eigenvalue weighted by molar-refractivity contribution is 0.988. The van der Waals surface area contributed by atoms with Crippen LogP contribution in [0.3, 0.4) is 0 Å². The van der Waals surface area contributed by atoms with Crippen LogP contribution in [0.5, 0.6) is 0 Å². The highest BCUT2D eigenvalue weighted by molar-refractivity contribution is 5.72. The smallest absolute Gasteiger partial charge is 0.157 e. The number of rotatable bonds is 0. The topological polar surface area (TPSA) is 51.6 Å². The standard InChI is InChI=1S/C6H4N4/c1-3-7-9-6-5(1)2-4-8-10-6/h1-4H. The molecule has 10 heavy (non-hydrogen) atoms. The summed E-state index contributed by atoms with van der Waals surface area (Å²) in [5, 5.41) is 15.8. The van der Waals surface area contributed by atoms with Gasteiger partial charge in [-0.15, -0.1) is 10.2 Å². The first-order valence-corrected chi connectivity index (χ1v) is 2.86. The molecule has 2 aromatic rings. The van der Waals surface area contributed by atoms with Gasteiger partial charge in [-0.1, -0.05) is 0 Å². The molecule has 2 aromatic heterocycles. The summed E-state index contributed by atoms with van der Waals surface area (Å²) in [6, 6.07) is 3.69. The summed E-state index contributed by atoms with van der Waals surface area (Å²) in [4.78, 5) is 0. The van der Waals surface area contributed by atoms with Crippen molar-refractivity contribution in [1.82, 2.24) is 20.4 Å². The molecule has 0 aromatic carbocycles. The van der Waals surface area contributed by atoms with Gasteiger partial charge >= 0.3 is 0 Å². The number of hydrogen-bond acceptors (Lipinski definition) is 4. The molecule has 2 rings (SSSR count). The highest BCUT2D eigenvalue weighted by Gasteiger charge is 1.90. The van der Waals surface area contributed by atoms with Crippen LogP contribution in [0.4, 0.5) is 0 Å². The molecule has 0 unspecified atom stereocenters. The normalized spacial score (nSPS) is 10.0. The Morgan fingerprint density at radius 2 is 1.50 bits per heavy atom. The van der Waals surface area contributed by atoms with Gasteiger partial charge in [0.05, 0.1) is 12.4 Å². The zero-order chi connectivity index (χ0) is 6.81. The second-order valence-corrected chi connectivity index (χ2v) is 1.84. The van der Waals surface area contributed by atoms with Crippen molar-refractivity contribution >= 4 is 11.0 Å². The molecule has 0 N–H and O–H groups in total. The minimum absolute atomic E-state index is 0.588. The van der Waals surface area contributed by atoms with E-state index in [9.17, 15) is 0 Å².